The van der Waals surface area contributed by atoms with Crippen LogP contribution in [0.25, 0.3) is 0 Å². The van der Waals surface area contributed by atoms with Crippen molar-refractivity contribution >= 4 is 36.0 Å². The summed E-state index contributed by atoms with van der Waals surface area (Å²) in [5.41, 5.74) is 1.95. The Morgan fingerprint density at radius 1 is 0.778 bits per heavy atom. The summed E-state index contributed by atoms with van der Waals surface area (Å²) >= 11 is 0. The normalized spacial score (nSPS) is 35.1. The summed E-state index contributed by atoms with van der Waals surface area (Å²) in [6.45, 7) is 22.8. The van der Waals surface area contributed by atoms with E-state index in [-0.39, 0.29) is 17.1 Å². The minimum Gasteiger partial charge on any atom is -0.417 e. The number of carbonyl (C=O) groups excluding carboxylic acids is 1. The van der Waals surface area contributed by atoms with Gasteiger partial charge in [0.25, 0.3) is 0 Å². The molecule has 36 heavy (non-hydrogen) atoms. The Labute approximate surface area is 225 Å². The third-order valence-corrected chi connectivity index (χ3v) is 49.9. The lowest BCUT2D eigenvalue weighted by Gasteiger charge is -2.66. The zero-order chi connectivity index (χ0) is 26.3. The molecule has 5 aliphatic carbocycles. The van der Waals surface area contributed by atoms with Crippen LogP contribution in [0, 0.1) is 29.1 Å². The average molecular weight is 557 g/mol. The smallest absolute Gasteiger partial charge is 0.183 e. The summed E-state index contributed by atoms with van der Waals surface area (Å²) in [6, 6.07) is 10.9. The van der Waals surface area contributed by atoms with Gasteiger partial charge >= 0.3 is 0 Å². The summed E-state index contributed by atoms with van der Waals surface area (Å²) in [5, 5.41) is 0.772. The van der Waals surface area contributed by atoms with Crippen molar-refractivity contribution in [1.82, 2.24) is 0 Å². The molecular weight excluding hydrogens is 505 g/mol. The number of rotatable bonds is 9. The first kappa shape index (κ1) is 27.3. The fraction of sp³-hybridized carbons (Fsp3) is 0.767. The van der Waals surface area contributed by atoms with Gasteiger partial charge in [-0.25, -0.2) is 0 Å². The van der Waals surface area contributed by atoms with Crippen LogP contribution in [0.1, 0.15) is 56.4 Å². The van der Waals surface area contributed by atoms with Crippen molar-refractivity contribution in [2.75, 3.05) is 0 Å². The molecule has 2 nitrogen and oxygen atoms in total. The summed E-state index contributed by atoms with van der Waals surface area (Å²) in [7, 11) is -8.02. The topological polar surface area (TPSA) is 26.3 Å². The molecule has 6 rings (SSSR count). The second-order valence-corrected chi connectivity index (χ2v) is 47.7. The molecule has 5 saturated carbocycles. The molecule has 0 saturated heterocycles. The molecule has 4 bridgehead atoms. The van der Waals surface area contributed by atoms with Gasteiger partial charge in [-0.3, -0.25) is 0 Å². The molecule has 0 heterocycles. The molecule has 3 unspecified atom stereocenters. The second-order valence-electron chi connectivity index (χ2n) is 16.4. The van der Waals surface area contributed by atoms with E-state index >= 15 is 4.79 Å². The molecule has 200 valence electrons. The van der Waals surface area contributed by atoms with E-state index < -0.39 is 30.6 Å². The first-order valence-corrected chi connectivity index (χ1v) is 29.3. The van der Waals surface area contributed by atoms with Crippen LogP contribution >= 0.6 is 0 Å². The zero-order valence-corrected chi connectivity index (χ0v) is 28.6. The number of benzene rings is 1. The van der Waals surface area contributed by atoms with Crippen LogP contribution in [0.4, 0.5) is 0 Å². The molecule has 6 heteroatoms. The minimum atomic E-state index is -2.45. The Bertz CT molecular complexity index is 936. The Hall–Kier alpha value is -0.282. The van der Waals surface area contributed by atoms with Gasteiger partial charge in [-0.05, 0) is 99.2 Å². The van der Waals surface area contributed by atoms with Crippen LogP contribution in [-0.2, 0) is 9.22 Å². The molecule has 1 aromatic rings. The maximum Gasteiger partial charge on any atom is 0.183 e. The van der Waals surface area contributed by atoms with Crippen LogP contribution in [0.3, 0.4) is 0 Å². The lowest BCUT2D eigenvalue weighted by Crippen LogP contribution is -2.86. The molecule has 3 atom stereocenters. The maximum absolute atomic E-state index is 15.4. The molecule has 0 spiro atoms. The van der Waals surface area contributed by atoms with Gasteiger partial charge < -0.3 is 9.22 Å². The molecule has 0 aromatic heterocycles. The molecule has 0 N–H and O–H groups in total. The first-order valence-electron chi connectivity index (χ1n) is 14.8. The highest BCUT2D eigenvalue weighted by Gasteiger charge is 2.73. The molecular formula is C30H52O2Si4. The van der Waals surface area contributed by atoms with E-state index in [1.165, 1.54) is 44.1 Å². The van der Waals surface area contributed by atoms with Crippen molar-refractivity contribution in [1.29, 1.82) is 0 Å². The summed E-state index contributed by atoms with van der Waals surface area (Å²) in [6.07, 6.45) is 9.53. The maximum atomic E-state index is 15.4. The standard InChI is InChI=1S/C30H52O2Si4/c1-33(2,3)32-29(30-19-22-15-23(20-30)17-24(16-22)21-30)36(34(4,5)6,35(7,8)9)28(31)27-18-26(27)25-13-11-10-12-14-25/h10-14,22-24,26-27,29H,15-21H2,1-9H3. The van der Waals surface area contributed by atoms with Gasteiger partial charge in [-0.1, -0.05) is 69.6 Å². The van der Waals surface area contributed by atoms with Gasteiger partial charge in [0.15, 0.2) is 8.32 Å². The number of carbonyl (C=O) groups is 1. The highest BCUT2D eigenvalue weighted by atomic mass is 29.6. The third-order valence-electron chi connectivity index (χ3n) is 10.6. The van der Waals surface area contributed by atoms with Gasteiger partial charge in [-0.2, -0.15) is 0 Å². The van der Waals surface area contributed by atoms with E-state index in [4.69, 9.17) is 4.43 Å². The van der Waals surface area contributed by atoms with E-state index in [9.17, 15) is 0 Å². The monoisotopic (exact) mass is 556 g/mol. The summed E-state index contributed by atoms with van der Waals surface area (Å²) < 4.78 is 7.63. The van der Waals surface area contributed by atoms with E-state index in [1.54, 1.807) is 0 Å². The third kappa shape index (κ3) is 4.48. The first-order chi connectivity index (χ1) is 16.6. The Kier molecular flexibility index (Phi) is 6.72. The number of hydrogen-bond acceptors (Lipinski definition) is 2. The van der Waals surface area contributed by atoms with Gasteiger partial charge in [0, 0.05) is 26.8 Å². The predicted molar refractivity (Wildman–Crippen MR) is 164 cm³/mol. The van der Waals surface area contributed by atoms with Crippen LogP contribution in [0.15, 0.2) is 30.3 Å². The highest BCUT2D eigenvalue weighted by molar-refractivity contribution is 7.78. The summed E-state index contributed by atoms with van der Waals surface area (Å²) in [5.74, 6) is 3.38. The van der Waals surface area contributed by atoms with Gasteiger partial charge in [0.1, 0.15) is 12.5 Å². The molecule has 0 amide bonds. The summed E-state index contributed by atoms with van der Waals surface area (Å²) in [4.78, 5) is 15.4. The van der Waals surface area contributed by atoms with E-state index in [2.05, 4.69) is 89.3 Å². The predicted octanol–water partition coefficient (Wildman–Crippen LogP) is 8.16. The van der Waals surface area contributed by atoms with Crippen LogP contribution in [0.2, 0.25) is 58.9 Å². The molecule has 1 aromatic carbocycles. The SMILES string of the molecule is C[Si](C)(C)OC(C12CC3CC(CC(C3)C1)C2)[Si](C(=O)C1CC1c1ccccc1)([Si](C)(C)C)[Si](C)(C)C. The van der Waals surface area contributed by atoms with Gasteiger partial charge in [-0.15, -0.1) is 0 Å². The van der Waals surface area contributed by atoms with Crippen molar-refractivity contribution in [3.05, 3.63) is 35.9 Å². The lowest BCUT2D eigenvalue weighted by molar-refractivity contribution is -0.116. The lowest BCUT2D eigenvalue weighted by atomic mass is 9.50. The van der Waals surface area contributed by atoms with Crippen molar-refractivity contribution < 1.29 is 9.22 Å². The molecule has 5 fully saturated rings. The van der Waals surface area contributed by atoms with Crippen molar-refractivity contribution in [3.63, 3.8) is 0 Å². The Balaban J connectivity index is 1.65. The quantitative estimate of drug-likeness (QED) is 0.287. The molecule has 0 radical (unpaired) electrons. The van der Waals surface area contributed by atoms with E-state index in [0.29, 0.717) is 5.92 Å². The fourth-order valence-corrected chi connectivity index (χ4v) is 60.8. The van der Waals surface area contributed by atoms with Crippen molar-refractivity contribution in [2.24, 2.45) is 29.1 Å². The van der Waals surface area contributed by atoms with Crippen molar-refractivity contribution in [2.45, 2.75) is 116 Å². The average Bonchev–Trinajstić information content (AvgIpc) is 3.51. The van der Waals surface area contributed by atoms with E-state index in [0.717, 1.165) is 29.6 Å². The van der Waals surface area contributed by atoms with Crippen LogP contribution in [0.5, 0.6) is 0 Å². The number of hydrogen-bond donors (Lipinski definition) is 0. The molecule has 5 aliphatic rings. The fourth-order valence-electron chi connectivity index (χ4n) is 10.2. The van der Waals surface area contributed by atoms with Crippen molar-refractivity contribution in [3.8, 4) is 0 Å². The largest absolute Gasteiger partial charge is 0.417 e. The Morgan fingerprint density at radius 3 is 1.67 bits per heavy atom. The van der Waals surface area contributed by atoms with Gasteiger partial charge in [0.05, 0.1) is 0 Å². The van der Waals surface area contributed by atoms with Crippen LogP contribution in [-0.4, -0.2) is 41.7 Å². The van der Waals surface area contributed by atoms with Gasteiger partial charge in [0.2, 0.25) is 0 Å². The highest BCUT2D eigenvalue weighted by Crippen LogP contribution is 2.65. The second kappa shape index (κ2) is 8.87. The van der Waals surface area contributed by atoms with Crippen LogP contribution < -0.4 is 0 Å². The molecule has 0 aliphatic heterocycles. The zero-order valence-electron chi connectivity index (χ0n) is 24.6. The Morgan fingerprint density at radius 2 is 1.25 bits per heavy atom. The van der Waals surface area contributed by atoms with E-state index in [1.807, 2.05) is 0 Å². The minimum absolute atomic E-state index is 0.249.